The molecule has 0 atom stereocenters. The highest BCUT2D eigenvalue weighted by molar-refractivity contribution is 7.09. The van der Waals surface area contributed by atoms with Crippen LogP contribution in [-0.4, -0.2) is 27.7 Å². The van der Waals surface area contributed by atoms with Crippen molar-refractivity contribution in [1.82, 2.24) is 4.98 Å². The van der Waals surface area contributed by atoms with E-state index in [4.69, 9.17) is 4.74 Å². The minimum atomic E-state index is -0.301. The van der Waals surface area contributed by atoms with Crippen molar-refractivity contribution < 1.29 is 19.7 Å². The van der Waals surface area contributed by atoms with Gasteiger partial charge in [-0.3, -0.25) is 9.69 Å². The van der Waals surface area contributed by atoms with E-state index in [2.05, 4.69) is 4.98 Å². The maximum absolute atomic E-state index is 12.6. The molecule has 0 aliphatic carbocycles. The summed E-state index contributed by atoms with van der Waals surface area (Å²) in [6.07, 6.45) is 1.63. The Labute approximate surface area is 148 Å². The highest BCUT2D eigenvalue weighted by Crippen LogP contribution is 2.28. The largest absolute Gasteiger partial charge is 0.504 e. The van der Waals surface area contributed by atoms with Crippen LogP contribution in [0.2, 0.25) is 0 Å². The lowest BCUT2D eigenvalue weighted by Crippen LogP contribution is -2.34. The number of benzene rings is 1. The molecule has 0 aliphatic heterocycles. The van der Waals surface area contributed by atoms with Crippen LogP contribution in [0.15, 0.2) is 60.1 Å². The van der Waals surface area contributed by atoms with Gasteiger partial charge in [0.05, 0.1) is 6.54 Å². The van der Waals surface area contributed by atoms with E-state index in [1.54, 1.807) is 34.6 Å². The van der Waals surface area contributed by atoms with E-state index in [1.807, 2.05) is 23.6 Å². The molecule has 2 heterocycles. The third-order valence-electron chi connectivity index (χ3n) is 3.43. The summed E-state index contributed by atoms with van der Waals surface area (Å²) >= 11 is 1.56. The van der Waals surface area contributed by atoms with Gasteiger partial charge in [0.1, 0.15) is 11.6 Å². The van der Waals surface area contributed by atoms with Gasteiger partial charge in [0.15, 0.2) is 18.1 Å². The zero-order chi connectivity index (χ0) is 17.6. The van der Waals surface area contributed by atoms with Crippen molar-refractivity contribution >= 4 is 23.1 Å². The van der Waals surface area contributed by atoms with Crippen molar-refractivity contribution in [1.29, 1.82) is 0 Å². The third kappa shape index (κ3) is 4.27. The van der Waals surface area contributed by atoms with E-state index in [9.17, 15) is 15.0 Å². The summed E-state index contributed by atoms with van der Waals surface area (Å²) in [4.78, 5) is 19.5. The van der Waals surface area contributed by atoms with Gasteiger partial charge < -0.3 is 14.9 Å². The van der Waals surface area contributed by atoms with Gasteiger partial charge in [-0.2, -0.15) is 0 Å². The molecule has 0 radical (unpaired) electrons. The van der Waals surface area contributed by atoms with Crippen molar-refractivity contribution in [2.45, 2.75) is 6.54 Å². The molecular weight excluding hydrogens is 340 g/mol. The SMILES string of the molecule is O=C(COc1ccc(O)c(O)c1)N(Cc1cccs1)c1ccccn1. The molecule has 0 saturated heterocycles. The predicted molar refractivity (Wildman–Crippen MR) is 95.0 cm³/mol. The molecule has 0 fully saturated rings. The van der Waals surface area contributed by atoms with Gasteiger partial charge in [-0.05, 0) is 35.7 Å². The number of rotatable bonds is 6. The molecule has 6 nitrogen and oxygen atoms in total. The molecular formula is C18H16N2O4S. The zero-order valence-electron chi connectivity index (χ0n) is 13.2. The summed E-state index contributed by atoms with van der Waals surface area (Å²) in [7, 11) is 0. The Balaban J connectivity index is 1.73. The number of aromatic hydroxyl groups is 2. The van der Waals surface area contributed by atoms with Crippen LogP contribution in [0.3, 0.4) is 0 Å². The molecule has 7 heteroatoms. The molecule has 0 unspecified atom stereocenters. The Bertz CT molecular complexity index is 838. The number of aromatic nitrogens is 1. The molecule has 0 spiro atoms. The minimum Gasteiger partial charge on any atom is -0.504 e. The summed E-state index contributed by atoms with van der Waals surface area (Å²) < 4.78 is 5.44. The van der Waals surface area contributed by atoms with Crippen LogP contribution in [0.4, 0.5) is 5.82 Å². The predicted octanol–water partition coefficient (Wildman–Crippen LogP) is 3.17. The fourth-order valence-corrected chi connectivity index (χ4v) is 2.88. The highest BCUT2D eigenvalue weighted by Gasteiger charge is 2.18. The molecule has 0 bridgehead atoms. The van der Waals surface area contributed by atoms with Crippen molar-refractivity contribution in [2.24, 2.45) is 0 Å². The second-order valence-electron chi connectivity index (χ2n) is 5.19. The lowest BCUT2D eigenvalue weighted by Gasteiger charge is -2.21. The first-order valence-electron chi connectivity index (χ1n) is 7.52. The number of phenolic OH excluding ortho intramolecular Hbond substituents is 2. The molecule has 1 amide bonds. The molecule has 25 heavy (non-hydrogen) atoms. The van der Waals surface area contributed by atoms with Crippen molar-refractivity contribution in [3.05, 3.63) is 65.0 Å². The first-order chi connectivity index (χ1) is 12.1. The summed E-state index contributed by atoms with van der Waals surface area (Å²) in [5.74, 6) is 0.0232. The van der Waals surface area contributed by atoms with E-state index in [-0.39, 0.29) is 24.0 Å². The number of amides is 1. The van der Waals surface area contributed by atoms with E-state index >= 15 is 0 Å². The Kier molecular flexibility index (Phi) is 5.15. The molecule has 2 N–H and O–H groups in total. The van der Waals surface area contributed by atoms with E-state index in [0.717, 1.165) is 4.88 Å². The van der Waals surface area contributed by atoms with Crippen molar-refractivity contribution in [2.75, 3.05) is 11.5 Å². The quantitative estimate of drug-likeness (QED) is 0.663. The standard InChI is InChI=1S/C18H16N2O4S/c21-15-7-6-13(10-16(15)22)24-12-18(23)20(11-14-4-3-9-25-14)17-5-1-2-8-19-17/h1-10,21-22H,11-12H2. The zero-order valence-corrected chi connectivity index (χ0v) is 14.0. The Morgan fingerprint density at radius 1 is 1.12 bits per heavy atom. The molecule has 3 aromatic rings. The third-order valence-corrected chi connectivity index (χ3v) is 4.29. The maximum atomic E-state index is 12.6. The van der Waals surface area contributed by atoms with Gasteiger partial charge in [0.25, 0.3) is 5.91 Å². The minimum absolute atomic E-state index is 0.216. The molecule has 2 aromatic heterocycles. The van der Waals surface area contributed by atoms with Crippen LogP contribution < -0.4 is 9.64 Å². The number of anilines is 1. The van der Waals surface area contributed by atoms with Gasteiger partial charge in [0.2, 0.25) is 0 Å². The Morgan fingerprint density at radius 2 is 2.00 bits per heavy atom. The van der Waals surface area contributed by atoms with Crippen LogP contribution in [-0.2, 0) is 11.3 Å². The van der Waals surface area contributed by atoms with Gasteiger partial charge >= 0.3 is 0 Å². The van der Waals surface area contributed by atoms with E-state index in [1.165, 1.54) is 18.2 Å². The van der Waals surface area contributed by atoms with Crippen molar-refractivity contribution in [3.63, 3.8) is 0 Å². The number of carbonyl (C=O) groups excluding carboxylic acids is 1. The van der Waals surface area contributed by atoms with Gasteiger partial charge in [-0.1, -0.05) is 12.1 Å². The number of pyridine rings is 1. The average Bonchev–Trinajstić information content (AvgIpc) is 3.14. The topological polar surface area (TPSA) is 82.9 Å². The number of carbonyl (C=O) groups is 1. The van der Waals surface area contributed by atoms with Crippen LogP contribution in [0.25, 0.3) is 0 Å². The van der Waals surface area contributed by atoms with Crippen LogP contribution >= 0.6 is 11.3 Å². The fourth-order valence-electron chi connectivity index (χ4n) is 2.18. The smallest absolute Gasteiger partial charge is 0.266 e. The number of thiophene rings is 1. The number of hydrogen-bond donors (Lipinski definition) is 2. The van der Waals surface area contributed by atoms with Gasteiger partial charge in [0, 0.05) is 17.1 Å². The average molecular weight is 356 g/mol. The van der Waals surface area contributed by atoms with E-state index in [0.29, 0.717) is 18.1 Å². The second-order valence-corrected chi connectivity index (χ2v) is 6.22. The Hall–Kier alpha value is -3.06. The first-order valence-corrected chi connectivity index (χ1v) is 8.40. The number of ether oxygens (including phenoxy) is 1. The molecule has 3 rings (SSSR count). The molecule has 0 saturated carbocycles. The fraction of sp³-hybridized carbons (Fsp3) is 0.111. The second kappa shape index (κ2) is 7.67. The summed E-state index contributed by atoms with van der Waals surface area (Å²) in [5.41, 5.74) is 0. The lowest BCUT2D eigenvalue weighted by atomic mass is 10.3. The van der Waals surface area contributed by atoms with E-state index < -0.39 is 0 Å². The lowest BCUT2D eigenvalue weighted by molar-refractivity contribution is -0.120. The molecule has 0 aliphatic rings. The summed E-state index contributed by atoms with van der Waals surface area (Å²) in [5, 5.41) is 20.8. The normalized spacial score (nSPS) is 10.4. The van der Waals surface area contributed by atoms with Gasteiger partial charge in [-0.15, -0.1) is 11.3 Å². The molecule has 128 valence electrons. The van der Waals surface area contributed by atoms with Gasteiger partial charge in [-0.25, -0.2) is 4.98 Å². The highest BCUT2D eigenvalue weighted by atomic mass is 32.1. The number of phenols is 2. The molecule has 1 aromatic carbocycles. The monoisotopic (exact) mass is 356 g/mol. The first kappa shape index (κ1) is 16.8. The van der Waals surface area contributed by atoms with Crippen LogP contribution in [0, 0.1) is 0 Å². The Morgan fingerprint density at radius 3 is 2.68 bits per heavy atom. The van der Waals surface area contributed by atoms with Crippen molar-refractivity contribution in [3.8, 4) is 17.2 Å². The van der Waals surface area contributed by atoms with Crippen LogP contribution in [0.5, 0.6) is 17.2 Å². The summed E-state index contributed by atoms with van der Waals surface area (Å²) in [6.45, 7) is 0.184. The maximum Gasteiger partial charge on any atom is 0.266 e. The number of nitrogens with zero attached hydrogens (tertiary/aromatic N) is 2. The number of hydrogen-bond acceptors (Lipinski definition) is 6. The summed E-state index contributed by atoms with van der Waals surface area (Å²) in [6, 6.07) is 13.3. The van der Waals surface area contributed by atoms with Crippen LogP contribution in [0.1, 0.15) is 4.88 Å².